The maximum absolute atomic E-state index is 14.6. The van der Waals surface area contributed by atoms with Gasteiger partial charge in [-0.05, 0) is 35.2 Å². The normalized spacial score (nSPS) is 12.7. The zero-order valence-electron chi connectivity index (χ0n) is 18.3. The summed E-state index contributed by atoms with van der Waals surface area (Å²) in [6.07, 6.45) is -9.48. The van der Waals surface area contributed by atoms with Crippen molar-refractivity contribution in [2.45, 2.75) is 32.1 Å². The van der Waals surface area contributed by atoms with E-state index in [2.05, 4.69) is 4.74 Å². The minimum Gasteiger partial charge on any atom is -0.429 e. The minimum absolute atomic E-state index is 0.0435. The van der Waals surface area contributed by atoms with Gasteiger partial charge in [0.1, 0.15) is 40.4 Å². The molecule has 0 fully saturated rings. The Labute approximate surface area is 198 Å². The average molecular weight is 522 g/mol. The third-order valence-electron chi connectivity index (χ3n) is 4.95. The van der Waals surface area contributed by atoms with Gasteiger partial charge in [-0.2, -0.15) is 22.0 Å². The third-order valence-corrected chi connectivity index (χ3v) is 4.95. The van der Waals surface area contributed by atoms with Crippen LogP contribution in [-0.2, 0) is 12.5 Å². The number of allylic oxidation sites excluding steroid dienone is 1. The van der Waals surface area contributed by atoms with Crippen LogP contribution in [0.3, 0.4) is 0 Å². The van der Waals surface area contributed by atoms with Crippen molar-refractivity contribution in [1.29, 1.82) is 0 Å². The molecule has 11 heteroatoms. The molecular weight excluding hydrogens is 506 g/mol. The fourth-order valence-electron chi connectivity index (χ4n) is 3.42. The fourth-order valence-corrected chi connectivity index (χ4v) is 3.42. The first-order valence-corrected chi connectivity index (χ1v) is 10.3. The monoisotopic (exact) mass is 522 g/mol. The van der Waals surface area contributed by atoms with Crippen molar-refractivity contribution in [2.75, 3.05) is 0 Å². The van der Waals surface area contributed by atoms with Gasteiger partial charge in [0.2, 0.25) is 0 Å². The van der Waals surface area contributed by atoms with Gasteiger partial charge < -0.3 is 4.74 Å². The van der Waals surface area contributed by atoms with E-state index in [1.807, 2.05) is 6.92 Å². The molecule has 3 rings (SSSR count). The lowest BCUT2D eigenvalue weighted by Crippen LogP contribution is -2.25. The summed E-state index contributed by atoms with van der Waals surface area (Å²) in [7, 11) is 0. The predicted molar refractivity (Wildman–Crippen MR) is 112 cm³/mol. The molecule has 0 heterocycles. The molecule has 0 saturated heterocycles. The largest absolute Gasteiger partial charge is 0.432 e. The molecule has 192 valence electrons. The van der Waals surface area contributed by atoms with Crippen molar-refractivity contribution in [3.63, 3.8) is 0 Å². The van der Waals surface area contributed by atoms with E-state index in [9.17, 15) is 43.9 Å². The van der Waals surface area contributed by atoms with Crippen LogP contribution in [0.1, 0.15) is 30.0 Å². The molecule has 1 nitrogen and oxygen atoms in total. The van der Waals surface area contributed by atoms with Crippen molar-refractivity contribution in [3.05, 3.63) is 94.6 Å². The molecule has 0 atom stereocenters. The van der Waals surface area contributed by atoms with Crippen LogP contribution in [-0.4, -0.2) is 6.18 Å². The Hall–Kier alpha value is -3.50. The van der Waals surface area contributed by atoms with Gasteiger partial charge in [-0.1, -0.05) is 37.6 Å². The Kier molecular flexibility index (Phi) is 7.70. The van der Waals surface area contributed by atoms with Crippen molar-refractivity contribution in [1.82, 2.24) is 0 Å². The highest BCUT2D eigenvalue weighted by atomic mass is 19.4. The summed E-state index contributed by atoms with van der Waals surface area (Å²) >= 11 is 0. The minimum atomic E-state index is -5.26. The number of alkyl halides is 5. The fraction of sp³-hybridized carbons (Fsp3) is 0.200. The lowest BCUT2D eigenvalue weighted by molar-refractivity contribution is -0.189. The molecule has 3 aromatic rings. The van der Waals surface area contributed by atoms with Crippen LogP contribution in [0.15, 0.2) is 54.6 Å². The van der Waals surface area contributed by atoms with Crippen LogP contribution in [0.4, 0.5) is 43.9 Å². The van der Waals surface area contributed by atoms with Crippen molar-refractivity contribution in [3.8, 4) is 16.9 Å². The number of ether oxygens (including phenoxy) is 1. The van der Waals surface area contributed by atoms with Crippen LogP contribution in [0.5, 0.6) is 5.75 Å². The topological polar surface area (TPSA) is 9.23 Å². The van der Waals surface area contributed by atoms with E-state index in [0.29, 0.717) is 17.7 Å². The standard InChI is InChI=1S/C25H16F10O/c1-2-3-13-4-6-14(7-5-13)15-8-19(28)23(20(29)9-15)25(34,35)36-16-10-17(26)22(18(27)11-16)21(30)12-24(31,32)33/h4-12H,2-3H2,1H3/b21-12-. The molecule has 0 bridgehead atoms. The van der Waals surface area contributed by atoms with E-state index < -0.39 is 64.3 Å². The van der Waals surface area contributed by atoms with Crippen LogP contribution in [0.25, 0.3) is 17.0 Å². The number of hydrogen-bond acceptors (Lipinski definition) is 1. The zero-order chi connectivity index (χ0) is 26.8. The van der Waals surface area contributed by atoms with Crippen LogP contribution < -0.4 is 4.74 Å². The molecule has 0 saturated carbocycles. The van der Waals surface area contributed by atoms with E-state index in [0.717, 1.165) is 18.4 Å². The zero-order valence-corrected chi connectivity index (χ0v) is 18.3. The molecule has 0 aromatic heterocycles. The summed E-state index contributed by atoms with van der Waals surface area (Å²) < 4.78 is 141. The van der Waals surface area contributed by atoms with Crippen LogP contribution in [0, 0.1) is 23.3 Å². The number of halogens is 10. The van der Waals surface area contributed by atoms with Gasteiger partial charge in [-0.25, -0.2) is 22.0 Å². The first-order valence-electron chi connectivity index (χ1n) is 10.3. The number of benzene rings is 3. The van der Waals surface area contributed by atoms with Crippen molar-refractivity contribution < 1.29 is 48.6 Å². The maximum Gasteiger partial charge on any atom is 0.432 e. The van der Waals surface area contributed by atoms with Crippen molar-refractivity contribution >= 4 is 5.83 Å². The van der Waals surface area contributed by atoms with Gasteiger partial charge in [0.15, 0.2) is 0 Å². The summed E-state index contributed by atoms with van der Waals surface area (Å²) in [6, 6.07) is 7.66. The average Bonchev–Trinajstić information content (AvgIpc) is 2.71. The maximum atomic E-state index is 14.6. The van der Waals surface area contributed by atoms with E-state index in [4.69, 9.17) is 0 Å². The Morgan fingerprint density at radius 3 is 1.78 bits per heavy atom. The van der Waals surface area contributed by atoms with E-state index in [1.54, 1.807) is 24.3 Å². The highest BCUT2D eigenvalue weighted by Gasteiger charge is 2.41. The number of hydrogen-bond donors (Lipinski definition) is 0. The number of aryl methyl sites for hydroxylation is 1. The van der Waals surface area contributed by atoms with E-state index >= 15 is 0 Å². The Balaban J connectivity index is 1.92. The highest BCUT2D eigenvalue weighted by Crippen LogP contribution is 2.38. The summed E-state index contributed by atoms with van der Waals surface area (Å²) in [5.41, 5.74) is -2.44. The smallest absolute Gasteiger partial charge is 0.429 e. The van der Waals surface area contributed by atoms with Crippen LogP contribution in [0.2, 0.25) is 0 Å². The van der Waals surface area contributed by atoms with Gasteiger partial charge in [0.25, 0.3) is 0 Å². The molecule has 0 aliphatic rings. The molecule has 36 heavy (non-hydrogen) atoms. The van der Waals surface area contributed by atoms with Gasteiger partial charge in [0.05, 0.1) is 11.6 Å². The molecule has 0 aliphatic carbocycles. The van der Waals surface area contributed by atoms with Gasteiger partial charge in [0, 0.05) is 12.1 Å². The van der Waals surface area contributed by atoms with Gasteiger partial charge >= 0.3 is 12.3 Å². The quantitative estimate of drug-likeness (QED) is 0.282. The second kappa shape index (κ2) is 10.2. The first-order chi connectivity index (χ1) is 16.7. The molecule has 0 N–H and O–H groups in total. The molecule has 0 unspecified atom stereocenters. The van der Waals surface area contributed by atoms with Crippen LogP contribution >= 0.6 is 0 Å². The Morgan fingerprint density at radius 1 is 0.778 bits per heavy atom. The van der Waals surface area contributed by atoms with Gasteiger partial charge in [-0.3, -0.25) is 0 Å². The summed E-state index contributed by atoms with van der Waals surface area (Å²) in [5, 5.41) is 0. The lowest BCUT2D eigenvalue weighted by Gasteiger charge is -2.20. The number of rotatable bonds is 7. The highest BCUT2D eigenvalue weighted by molar-refractivity contribution is 5.65. The SMILES string of the molecule is CCCc1ccc(-c2cc(F)c(C(F)(F)Oc3cc(F)c(/C(F)=C/C(F)(F)F)c(F)c3)c(F)c2)cc1. The molecule has 0 radical (unpaired) electrons. The van der Waals surface area contributed by atoms with E-state index in [-0.39, 0.29) is 17.7 Å². The lowest BCUT2D eigenvalue weighted by atomic mass is 10.00. The molecule has 0 aliphatic heterocycles. The Bertz CT molecular complexity index is 1230. The van der Waals surface area contributed by atoms with Crippen molar-refractivity contribution in [2.24, 2.45) is 0 Å². The summed E-state index contributed by atoms with van der Waals surface area (Å²) in [4.78, 5) is 0. The summed E-state index contributed by atoms with van der Waals surface area (Å²) in [6.45, 7) is 1.96. The molecule has 0 spiro atoms. The van der Waals surface area contributed by atoms with E-state index in [1.165, 1.54) is 0 Å². The molecule has 0 amide bonds. The predicted octanol–water partition coefficient (Wildman–Crippen LogP) is 8.86. The van der Waals surface area contributed by atoms with Gasteiger partial charge in [-0.15, -0.1) is 0 Å². The second-order valence-electron chi connectivity index (χ2n) is 7.68. The third kappa shape index (κ3) is 6.19. The molecular formula is C25H16F10O. The Morgan fingerprint density at radius 2 is 1.31 bits per heavy atom. The second-order valence-corrected chi connectivity index (χ2v) is 7.68. The first kappa shape index (κ1) is 27.1. The molecule has 3 aromatic carbocycles. The summed E-state index contributed by atoms with van der Waals surface area (Å²) in [5.74, 6) is -11.2.